The number of esters is 1. The molecule has 1 aromatic carbocycles. The number of benzene rings is 1. The second-order valence-electron chi connectivity index (χ2n) is 4.01. The van der Waals surface area contributed by atoms with E-state index in [0.717, 1.165) is 22.0 Å². The van der Waals surface area contributed by atoms with Gasteiger partial charge in [-0.2, -0.15) is 0 Å². The summed E-state index contributed by atoms with van der Waals surface area (Å²) >= 11 is 0. The summed E-state index contributed by atoms with van der Waals surface area (Å²) in [6.07, 6.45) is 4.94. The van der Waals surface area contributed by atoms with Gasteiger partial charge in [-0.3, -0.25) is 4.98 Å². The van der Waals surface area contributed by atoms with E-state index in [-0.39, 0.29) is 5.97 Å². The van der Waals surface area contributed by atoms with Crippen LogP contribution < -0.4 is 0 Å². The Bertz CT molecular complexity index is 602. The monoisotopic (exact) mass is 241 g/mol. The van der Waals surface area contributed by atoms with Gasteiger partial charge >= 0.3 is 5.97 Å². The van der Waals surface area contributed by atoms with Crippen molar-refractivity contribution in [1.82, 2.24) is 4.98 Å². The van der Waals surface area contributed by atoms with E-state index < -0.39 is 0 Å². The van der Waals surface area contributed by atoms with Crippen molar-refractivity contribution in [2.45, 2.75) is 13.8 Å². The van der Waals surface area contributed by atoms with E-state index in [2.05, 4.69) is 11.1 Å². The summed E-state index contributed by atoms with van der Waals surface area (Å²) in [7, 11) is 0. The lowest BCUT2D eigenvalue weighted by molar-refractivity contribution is -0.137. The topological polar surface area (TPSA) is 39.2 Å². The minimum Gasteiger partial charge on any atom is -0.463 e. The van der Waals surface area contributed by atoms with Crippen LogP contribution in [0.5, 0.6) is 0 Å². The van der Waals surface area contributed by atoms with Crippen molar-refractivity contribution in [3.05, 3.63) is 47.7 Å². The maximum Gasteiger partial charge on any atom is 0.330 e. The Kier molecular flexibility index (Phi) is 3.72. The van der Waals surface area contributed by atoms with Gasteiger partial charge < -0.3 is 4.74 Å². The number of nitrogens with zero attached hydrogens (tertiary/aromatic N) is 1. The Morgan fingerprint density at radius 1 is 1.44 bits per heavy atom. The molecule has 0 saturated heterocycles. The highest BCUT2D eigenvalue weighted by atomic mass is 16.5. The van der Waals surface area contributed by atoms with Gasteiger partial charge in [0, 0.05) is 23.2 Å². The highest BCUT2D eigenvalue weighted by Crippen LogP contribution is 2.19. The summed E-state index contributed by atoms with van der Waals surface area (Å²) in [4.78, 5) is 15.7. The van der Waals surface area contributed by atoms with Crippen molar-refractivity contribution >= 4 is 22.9 Å². The zero-order valence-electron chi connectivity index (χ0n) is 10.5. The van der Waals surface area contributed by atoms with Crippen molar-refractivity contribution < 1.29 is 9.53 Å². The Morgan fingerprint density at radius 3 is 3.06 bits per heavy atom. The molecule has 0 bridgehead atoms. The molecule has 0 amide bonds. The lowest BCUT2D eigenvalue weighted by Crippen LogP contribution is -1.98. The Morgan fingerprint density at radius 2 is 2.28 bits per heavy atom. The average Bonchev–Trinajstić information content (AvgIpc) is 2.36. The standard InChI is InChI=1S/C15H15NO2/c1-3-18-14(17)7-6-13-10-11(2)9-12-5-4-8-16-15(12)13/h4-10H,3H2,1-2H3/b7-6+. The highest BCUT2D eigenvalue weighted by molar-refractivity contribution is 5.93. The Labute approximate surface area is 106 Å². The van der Waals surface area contributed by atoms with Gasteiger partial charge in [0.15, 0.2) is 0 Å². The maximum atomic E-state index is 11.3. The van der Waals surface area contributed by atoms with E-state index in [1.54, 1.807) is 19.2 Å². The molecule has 0 aliphatic heterocycles. The molecule has 0 aliphatic rings. The van der Waals surface area contributed by atoms with E-state index in [1.807, 2.05) is 25.1 Å². The molecule has 18 heavy (non-hydrogen) atoms. The van der Waals surface area contributed by atoms with Crippen LogP contribution in [0.4, 0.5) is 0 Å². The molecule has 3 nitrogen and oxygen atoms in total. The molecule has 0 aliphatic carbocycles. The molecule has 0 N–H and O–H groups in total. The lowest BCUT2D eigenvalue weighted by Gasteiger charge is -2.03. The minimum atomic E-state index is -0.330. The molecule has 1 heterocycles. The summed E-state index contributed by atoms with van der Waals surface area (Å²) in [5.41, 5.74) is 2.96. The summed E-state index contributed by atoms with van der Waals surface area (Å²) in [5, 5.41) is 1.07. The van der Waals surface area contributed by atoms with E-state index in [1.165, 1.54) is 6.08 Å². The van der Waals surface area contributed by atoms with Crippen molar-refractivity contribution in [2.24, 2.45) is 0 Å². The number of carbonyl (C=O) groups is 1. The summed E-state index contributed by atoms with van der Waals surface area (Å²) in [5.74, 6) is -0.330. The number of aryl methyl sites for hydroxylation is 1. The van der Waals surface area contributed by atoms with Crippen molar-refractivity contribution in [1.29, 1.82) is 0 Å². The second kappa shape index (κ2) is 5.45. The van der Waals surface area contributed by atoms with Crippen LogP contribution in [0.15, 0.2) is 36.5 Å². The molecule has 1 aromatic heterocycles. The first-order valence-electron chi connectivity index (χ1n) is 5.91. The van der Waals surface area contributed by atoms with Crippen LogP contribution in [-0.2, 0) is 9.53 Å². The van der Waals surface area contributed by atoms with Crippen LogP contribution in [-0.4, -0.2) is 17.6 Å². The zero-order chi connectivity index (χ0) is 13.0. The third kappa shape index (κ3) is 2.74. The van der Waals surface area contributed by atoms with Crippen LogP contribution in [0.2, 0.25) is 0 Å². The van der Waals surface area contributed by atoms with Gasteiger partial charge in [0.05, 0.1) is 12.1 Å². The van der Waals surface area contributed by atoms with Gasteiger partial charge in [0.1, 0.15) is 0 Å². The van der Waals surface area contributed by atoms with Crippen molar-refractivity contribution in [3.63, 3.8) is 0 Å². The first-order valence-corrected chi connectivity index (χ1v) is 5.91. The van der Waals surface area contributed by atoms with E-state index in [4.69, 9.17) is 4.74 Å². The third-order valence-corrected chi connectivity index (χ3v) is 2.56. The molecular weight excluding hydrogens is 226 g/mol. The average molecular weight is 241 g/mol. The van der Waals surface area contributed by atoms with Gasteiger partial charge in [0.2, 0.25) is 0 Å². The molecule has 0 atom stereocenters. The molecular formula is C15H15NO2. The summed E-state index contributed by atoms with van der Waals surface area (Å²) in [6, 6.07) is 7.99. The van der Waals surface area contributed by atoms with Crippen molar-refractivity contribution in [2.75, 3.05) is 6.61 Å². The highest BCUT2D eigenvalue weighted by Gasteiger charge is 2.01. The number of fused-ring (bicyclic) bond motifs is 1. The van der Waals surface area contributed by atoms with Gasteiger partial charge in [-0.15, -0.1) is 0 Å². The van der Waals surface area contributed by atoms with E-state index in [9.17, 15) is 4.79 Å². The minimum absolute atomic E-state index is 0.330. The number of pyridine rings is 1. The molecule has 2 rings (SSSR count). The van der Waals surface area contributed by atoms with Crippen LogP contribution in [0, 0.1) is 6.92 Å². The van der Waals surface area contributed by atoms with Crippen LogP contribution >= 0.6 is 0 Å². The second-order valence-corrected chi connectivity index (χ2v) is 4.01. The maximum absolute atomic E-state index is 11.3. The molecule has 0 radical (unpaired) electrons. The Balaban J connectivity index is 2.41. The first kappa shape index (κ1) is 12.3. The van der Waals surface area contributed by atoms with Gasteiger partial charge in [-0.1, -0.05) is 6.07 Å². The number of aromatic nitrogens is 1. The normalized spacial score (nSPS) is 11.0. The van der Waals surface area contributed by atoms with Crippen LogP contribution in [0.25, 0.3) is 17.0 Å². The fourth-order valence-electron chi connectivity index (χ4n) is 1.85. The van der Waals surface area contributed by atoms with Crippen molar-refractivity contribution in [3.8, 4) is 0 Å². The van der Waals surface area contributed by atoms with Gasteiger partial charge in [0.25, 0.3) is 0 Å². The lowest BCUT2D eigenvalue weighted by atomic mass is 10.1. The third-order valence-electron chi connectivity index (χ3n) is 2.56. The van der Waals surface area contributed by atoms with Crippen LogP contribution in [0.3, 0.4) is 0 Å². The molecule has 0 unspecified atom stereocenters. The molecule has 3 heteroatoms. The van der Waals surface area contributed by atoms with E-state index in [0.29, 0.717) is 6.61 Å². The smallest absolute Gasteiger partial charge is 0.330 e. The van der Waals surface area contributed by atoms with Gasteiger partial charge in [-0.05, 0) is 43.7 Å². The molecule has 92 valence electrons. The largest absolute Gasteiger partial charge is 0.463 e. The number of hydrogen-bond donors (Lipinski definition) is 0. The number of hydrogen-bond acceptors (Lipinski definition) is 3. The number of carbonyl (C=O) groups excluding carboxylic acids is 1. The molecule has 0 fully saturated rings. The zero-order valence-corrected chi connectivity index (χ0v) is 10.5. The quantitative estimate of drug-likeness (QED) is 0.612. The summed E-state index contributed by atoms with van der Waals surface area (Å²) in [6.45, 7) is 4.19. The fourth-order valence-corrected chi connectivity index (χ4v) is 1.85. The predicted molar refractivity (Wildman–Crippen MR) is 72.1 cm³/mol. The van der Waals surface area contributed by atoms with E-state index >= 15 is 0 Å². The predicted octanol–water partition coefficient (Wildman–Crippen LogP) is 3.12. The molecule has 0 saturated carbocycles. The Hall–Kier alpha value is -2.16. The van der Waals surface area contributed by atoms with Crippen LogP contribution in [0.1, 0.15) is 18.1 Å². The SMILES string of the molecule is CCOC(=O)/C=C/c1cc(C)cc2cccnc12. The molecule has 0 spiro atoms. The van der Waals surface area contributed by atoms with Gasteiger partial charge in [-0.25, -0.2) is 4.79 Å². The number of rotatable bonds is 3. The fraction of sp³-hybridized carbons (Fsp3) is 0.200. The first-order chi connectivity index (χ1) is 8.70. The number of ether oxygens (including phenoxy) is 1. The summed E-state index contributed by atoms with van der Waals surface area (Å²) < 4.78 is 4.86. The molecule has 2 aromatic rings.